The molecule has 0 saturated heterocycles. The van der Waals surface area contributed by atoms with Gasteiger partial charge in [0.2, 0.25) is 0 Å². The van der Waals surface area contributed by atoms with Gasteiger partial charge in [0.1, 0.15) is 0 Å². The molecule has 0 N–H and O–H groups in total. The predicted octanol–water partition coefficient (Wildman–Crippen LogP) is 1.26. The molecule has 1 aromatic carbocycles. The lowest BCUT2D eigenvalue weighted by Crippen LogP contribution is -2.28. The summed E-state index contributed by atoms with van der Waals surface area (Å²) in [5.41, 5.74) is 0.220. The van der Waals surface area contributed by atoms with Gasteiger partial charge in [-0.15, -0.1) is 0 Å². The number of sulfone groups is 1. The summed E-state index contributed by atoms with van der Waals surface area (Å²) in [5.74, 6) is -3.96. The molecule has 1 rings (SSSR count). The van der Waals surface area contributed by atoms with Crippen molar-refractivity contribution in [2.24, 2.45) is 0 Å². The highest BCUT2D eigenvalue weighted by atomic mass is 32.2. The Morgan fingerprint density at radius 1 is 1.15 bits per heavy atom. The molecule has 0 atom stereocenters. The number of alkyl halides is 3. The molecular formula is C11H9F3O5S. The second-order valence-corrected chi connectivity index (χ2v) is 5.87. The summed E-state index contributed by atoms with van der Waals surface area (Å²) in [7, 11) is -3.41. The van der Waals surface area contributed by atoms with Crippen LogP contribution in [0.25, 0.3) is 0 Å². The van der Waals surface area contributed by atoms with E-state index in [4.69, 9.17) is 0 Å². The van der Waals surface area contributed by atoms with Crippen LogP contribution in [0.15, 0.2) is 29.2 Å². The summed E-state index contributed by atoms with van der Waals surface area (Å²) >= 11 is 0. The minimum absolute atomic E-state index is 0.000912. The van der Waals surface area contributed by atoms with Crippen molar-refractivity contribution in [3.05, 3.63) is 29.8 Å². The second kappa shape index (κ2) is 5.61. The summed E-state index contributed by atoms with van der Waals surface area (Å²) in [6.45, 7) is 0. The van der Waals surface area contributed by atoms with Crippen molar-refractivity contribution in [1.82, 2.24) is 0 Å². The van der Waals surface area contributed by atoms with Gasteiger partial charge >= 0.3 is 18.1 Å². The quantitative estimate of drug-likeness (QED) is 0.620. The lowest BCUT2D eigenvalue weighted by Gasteiger charge is -2.06. The van der Waals surface area contributed by atoms with Gasteiger partial charge in [-0.3, -0.25) is 4.79 Å². The van der Waals surface area contributed by atoms with Crippen LogP contribution in [0.1, 0.15) is 5.56 Å². The molecule has 0 heterocycles. The normalized spacial score (nSPS) is 12.0. The molecule has 5 nitrogen and oxygen atoms in total. The van der Waals surface area contributed by atoms with Crippen molar-refractivity contribution in [2.75, 3.05) is 6.26 Å². The Morgan fingerprint density at radius 2 is 1.65 bits per heavy atom. The minimum atomic E-state index is -5.24. The van der Waals surface area contributed by atoms with Crippen molar-refractivity contribution in [3.63, 3.8) is 0 Å². The van der Waals surface area contributed by atoms with Gasteiger partial charge in [0.25, 0.3) is 0 Å². The molecule has 0 spiro atoms. The summed E-state index contributed by atoms with van der Waals surface area (Å²) in [4.78, 5) is 21.5. The van der Waals surface area contributed by atoms with Crippen LogP contribution in [0.2, 0.25) is 0 Å². The highest BCUT2D eigenvalue weighted by Crippen LogP contribution is 2.17. The van der Waals surface area contributed by atoms with Crippen LogP contribution in [0.5, 0.6) is 0 Å². The summed E-state index contributed by atoms with van der Waals surface area (Å²) < 4.78 is 61.4. The zero-order valence-electron chi connectivity index (χ0n) is 10.1. The van der Waals surface area contributed by atoms with E-state index >= 15 is 0 Å². The maximum absolute atomic E-state index is 11.8. The first kappa shape index (κ1) is 16.2. The zero-order chi connectivity index (χ0) is 15.6. The largest absolute Gasteiger partial charge is 0.491 e. The summed E-state index contributed by atoms with van der Waals surface area (Å²) in [6, 6.07) is 4.89. The monoisotopic (exact) mass is 310 g/mol. The van der Waals surface area contributed by atoms with Gasteiger partial charge in [0, 0.05) is 6.26 Å². The third-order valence-corrected chi connectivity index (χ3v) is 3.27. The van der Waals surface area contributed by atoms with Crippen LogP contribution in [0, 0.1) is 0 Å². The topological polar surface area (TPSA) is 77.5 Å². The van der Waals surface area contributed by atoms with Crippen molar-refractivity contribution in [2.45, 2.75) is 17.5 Å². The van der Waals surface area contributed by atoms with E-state index in [1.165, 1.54) is 24.3 Å². The van der Waals surface area contributed by atoms with Crippen LogP contribution in [0.3, 0.4) is 0 Å². The van der Waals surface area contributed by atoms with Crippen molar-refractivity contribution in [3.8, 4) is 0 Å². The number of benzene rings is 1. The molecular weight excluding hydrogens is 301 g/mol. The number of esters is 2. The highest BCUT2D eigenvalue weighted by molar-refractivity contribution is 7.90. The van der Waals surface area contributed by atoms with E-state index in [0.29, 0.717) is 0 Å². The molecule has 0 aliphatic rings. The van der Waals surface area contributed by atoms with Gasteiger partial charge in [-0.1, -0.05) is 12.1 Å². The Balaban J connectivity index is 2.71. The molecule has 0 fully saturated rings. The third kappa shape index (κ3) is 4.65. The highest BCUT2D eigenvalue weighted by Gasteiger charge is 2.42. The van der Waals surface area contributed by atoms with Crippen LogP contribution >= 0.6 is 0 Å². The smallest absolute Gasteiger partial charge is 0.386 e. The molecule has 0 aliphatic heterocycles. The standard InChI is InChI=1S/C11H9F3O5S/c1-20(17,18)8-4-2-7(3-5-8)6-9(15)19-10(16)11(12,13)14/h2-5H,6H2,1H3. The maximum atomic E-state index is 11.8. The van der Waals surface area contributed by atoms with E-state index in [-0.39, 0.29) is 10.5 Å². The number of carbonyl (C=O) groups is 2. The number of hydrogen-bond acceptors (Lipinski definition) is 5. The number of hydrogen-bond donors (Lipinski definition) is 0. The number of ether oxygens (including phenoxy) is 1. The molecule has 20 heavy (non-hydrogen) atoms. The van der Waals surface area contributed by atoms with E-state index in [2.05, 4.69) is 4.74 Å². The van der Waals surface area contributed by atoms with E-state index in [1.54, 1.807) is 0 Å². The molecule has 1 aromatic rings. The van der Waals surface area contributed by atoms with Gasteiger partial charge in [-0.25, -0.2) is 13.2 Å². The summed E-state index contributed by atoms with van der Waals surface area (Å²) in [6.07, 6.45) is -4.83. The summed E-state index contributed by atoms with van der Waals surface area (Å²) in [5, 5.41) is 0. The Morgan fingerprint density at radius 3 is 2.05 bits per heavy atom. The lowest BCUT2D eigenvalue weighted by molar-refractivity contribution is -0.201. The molecule has 110 valence electrons. The van der Waals surface area contributed by atoms with Crippen LogP contribution in [0.4, 0.5) is 13.2 Å². The molecule has 0 unspecified atom stereocenters. The molecule has 0 amide bonds. The van der Waals surface area contributed by atoms with Crippen LogP contribution in [-0.4, -0.2) is 32.8 Å². The lowest BCUT2D eigenvalue weighted by atomic mass is 10.1. The van der Waals surface area contributed by atoms with Gasteiger partial charge in [0.05, 0.1) is 11.3 Å². The first-order valence-electron chi connectivity index (χ1n) is 5.11. The average molecular weight is 310 g/mol. The third-order valence-electron chi connectivity index (χ3n) is 2.14. The molecule has 9 heteroatoms. The van der Waals surface area contributed by atoms with Crippen LogP contribution in [-0.2, 0) is 30.6 Å². The number of halogens is 3. The Labute approximate surface area is 112 Å². The molecule has 0 radical (unpaired) electrons. The zero-order valence-corrected chi connectivity index (χ0v) is 10.9. The van der Waals surface area contributed by atoms with Gasteiger partial charge in [0.15, 0.2) is 9.84 Å². The van der Waals surface area contributed by atoms with E-state index in [0.717, 1.165) is 6.26 Å². The minimum Gasteiger partial charge on any atom is -0.386 e. The van der Waals surface area contributed by atoms with Crippen molar-refractivity contribution >= 4 is 21.8 Å². The molecule has 0 aliphatic carbocycles. The predicted molar refractivity (Wildman–Crippen MR) is 60.4 cm³/mol. The van der Waals surface area contributed by atoms with E-state index < -0.39 is 34.4 Å². The van der Waals surface area contributed by atoms with Gasteiger partial charge in [-0.05, 0) is 17.7 Å². The Hall–Kier alpha value is -1.90. The molecule has 0 aromatic heterocycles. The van der Waals surface area contributed by atoms with Crippen LogP contribution < -0.4 is 0 Å². The average Bonchev–Trinajstić information content (AvgIpc) is 2.26. The van der Waals surface area contributed by atoms with Gasteiger partial charge in [-0.2, -0.15) is 13.2 Å². The van der Waals surface area contributed by atoms with Crippen molar-refractivity contribution < 1.29 is 35.9 Å². The maximum Gasteiger partial charge on any atom is 0.491 e. The number of carbonyl (C=O) groups excluding carboxylic acids is 2. The Bertz CT molecular complexity index is 616. The fraction of sp³-hybridized carbons (Fsp3) is 0.273. The van der Waals surface area contributed by atoms with Crippen molar-refractivity contribution in [1.29, 1.82) is 0 Å². The molecule has 0 saturated carbocycles. The second-order valence-electron chi connectivity index (χ2n) is 3.85. The van der Waals surface area contributed by atoms with E-state index in [9.17, 15) is 31.2 Å². The first-order chi connectivity index (χ1) is 9.00. The SMILES string of the molecule is CS(=O)(=O)c1ccc(CC(=O)OC(=O)C(F)(F)F)cc1. The molecule has 0 bridgehead atoms. The first-order valence-corrected chi connectivity index (χ1v) is 7.00. The fourth-order valence-corrected chi connectivity index (χ4v) is 1.85. The Kier molecular flexibility index (Phi) is 4.53. The van der Waals surface area contributed by atoms with E-state index in [1.807, 2.05) is 0 Å². The fourth-order valence-electron chi connectivity index (χ4n) is 1.22. The van der Waals surface area contributed by atoms with Gasteiger partial charge < -0.3 is 4.74 Å². The number of rotatable bonds is 3.